The zero-order valence-corrected chi connectivity index (χ0v) is 13.2. The number of fused-ring (bicyclic) bond motifs is 1. The lowest BCUT2D eigenvalue weighted by atomic mass is 10.1. The van der Waals surface area contributed by atoms with Gasteiger partial charge in [-0.25, -0.2) is 0 Å². The third-order valence-corrected chi connectivity index (χ3v) is 4.49. The van der Waals surface area contributed by atoms with Crippen LogP contribution in [0.5, 0.6) is 0 Å². The smallest absolute Gasteiger partial charge is 0.0481 e. The van der Waals surface area contributed by atoms with E-state index in [9.17, 15) is 0 Å². The molecule has 20 heavy (non-hydrogen) atoms. The Labute approximate surface area is 127 Å². The van der Waals surface area contributed by atoms with Gasteiger partial charge in [0.15, 0.2) is 0 Å². The van der Waals surface area contributed by atoms with Gasteiger partial charge in [-0.05, 0) is 36.2 Å². The summed E-state index contributed by atoms with van der Waals surface area (Å²) in [4.78, 5) is 0. The van der Waals surface area contributed by atoms with Crippen LogP contribution in [-0.4, -0.2) is 4.57 Å². The number of para-hydroxylation sites is 1. The lowest BCUT2D eigenvalue weighted by molar-refractivity contribution is 0.956. The van der Waals surface area contributed by atoms with E-state index in [1.165, 1.54) is 22.0 Å². The second kappa shape index (κ2) is 5.33. The molecule has 0 radical (unpaired) electrons. The summed E-state index contributed by atoms with van der Waals surface area (Å²) >= 11 is 3.57. The molecule has 2 nitrogen and oxygen atoms in total. The summed E-state index contributed by atoms with van der Waals surface area (Å²) in [5.74, 6) is 0. The van der Waals surface area contributed by atoms with Crippen molar-refractivity contribution in [3.05, 3.63) is 64.3 Å². The normalized spacial score (nSPS) is 10.9. The molecule has 1 heterocycles. The van der Waals surface area contributed by atoms with Gasteiger partial charge in [-0.1, -0.05) is 40.2 Å². The molecule has 0 saturated heterocycles. The molecule has 0 amide bonds. The number of hydrogen-bond acceptors (Lipinski definition) is 1. The zero-order valence-electron chi connectivity index (χ0n) is 11.7. The molecule has 0 atom stereocenters. The summed E-state index contributed by atoms with van der Waals surface area (Å²) in [6.07, 6.45) is 2.20. The predicted molar refractivity (Wildman–Crippen MR) is 89.1 cm³/mol. The highest BCUT2D eigenvalue weighted by atomic mass is 79.9. The van der Waals surface area contributed by atoms with E-state index >= 15 is 0 Å². The molecule has 0 spiro atoms. The number of hydrogen-bond donors (Lipinski definition) is 1. The lowest BCUT2D eigenvalue weighted by Gasteiger charge is -2.07. The monoisotopic (exact) mass is 328 g/mol. The molecule has 3 heteroatoms. The second-order valence-corrected chi connectivity index (χ2v) is 5.95. The van der Waals surface area contributed by atoms with E-state index in [1.54, 1.807) is 0 Å². The maximum Gasteiger partial charge on any atom is 0.0481 e. The van der Waals surface area contributed by atoms with Crippen LogP contribution in [0.1, 0.15) is 11.1 Å². The molecule has 0 bridgehead atoms. The average Bonchev–Trinajstić information content (AvgIpc) is 2.78. The Morgan fingerprint density at radius 3 is 2.75 bits per heavy atom. The average molecular weight is 329 g/mol. The SMILES string of the molecule is Cc1ccc(NCc2cn(C)c3ccccc23)cc1Br. The van der Waals surface area contributed by atoms with Crippen LogP contribution in [0.3, 0.4) is 0 Å². The van der Waals surface area contributed by atoms with E-state index in [2.05, 4.69) is 88.4 Å². The van der Waals surface area contributed by atoms with Crippen LogP contribution in [0, 0.1) is 6.92 Å². The number of aryl methyl sites for hydroxylation is 2. The Balaban J connectivity index is 1.85. The van der Waals surface area contributed by atoms with Crippen molar-refractivity contribution >= 4 is 32.5 Å². The molecule has 3 aromatic rings. The van der Waals surface area contributed by atoms with Crippen LogP contribution in [0.4, 0.5) is 5.69 Å². The highest BCUT2D eigenvalue weighted by molar-refractivity contribution is 9.10. The molecule has 0 aliphatic heterocycles. The second-order valence-electron chi connectivity index (χ2n) is 5.10. The van der Waals surface area contributed by atoms with Crippen molar-refractivity contribution in [1.29, 1.82) is 0 Å². The third kappa shape index (κ3) is 2.46. The highest BCUT2D eigenvalue weighted by Gasteiger charge is 2.05. The first-order valence-electron chi connectivity index (χ1n) is 6.68. The number of nitrogens with zero attached hydrogens (tertiary/aromatic N) is 1. The fourth-order valence-electron chi connectivity index (χ4n) is 2.47. The van der Waals surface area contributed by atoms with Gasteiger partial charge in [-0.15, -0.1) is 0 Å². The number of aromatic nitrogens is 1. The molecule has 0 aliphatic rings. The van der Waals surface area contributed by atoms with Gasteiger partial charge in [0.1, 0.15) is 0 Å². The quantitative estimate of drug-likeness (QED) is 0.726. The molecule has 1 N–H and O–H groups in total. The van der Waals surface area contributed by atoms with E-state index in [4.69, 9.17) is 0 Å². The maximum absolute atomic E-state index is 3.57. The summed E-state index contributed by atoms with van der Waals surface area (Å²) < 4.78 is 3.32. The lowest BCUT2D eigenvalue weighted by Crippen LogP contribution is -1.99. The van der Waals surface area contributed by atoms with Crippen molar-refractivity contribution in [2.45, 2.75) is 13.5 Å². The Kier molecular flexibility index (Phi) is 3.53. The van der Waals surface area contributed by atoms with Gasteiger partial charge in [0.05, 0.1) is 0 Å². The minimum atomic E-state index is 0.830. The summed E-state index contributed by atoms with van der Waals surface area (Å²) in [5.41, 5.74) is 4.98. The molecule has 2 aromatic carbocycles. The fourth-order valence-corrected chi connectivity index (χ4v) is 2.85. The van der Waals surface area contributed by atoms with Gasteiger partial charge < -0.3 is 9.88 Å². The molecular weight excluding hydrogens is 312 g/mol. The fraction of sp³-hybridized carbons (Fsp3) is 0.176. The maximum atomic E-state index is 3.57. The van der Waals surface area contributed by atoms with E-state index in [0.29, 0.717) is 0 Å². The van der Waals surface area contributed by atoms with Crippen molar-refractivity contribution in [1.82, 2.24) is 4.57 Å². The van der Waals surface area contributed by atoms with Crippen molar-refractivity contribution < 1.29 is 0 Å². The number of nitrogens with one attached hydrogen (secondary N) is 1. The van der Waals surface area contributed by atoms with Crippen LogP contribution in [-0.2, 0) is 13.6 Å². The van der Waals surface area contributed by atoms with E-state index in [-0.39, 0.29) is 0 Å². The van der Waals surface area contributed by atoms with E-state index in [0.717, 1.165) is 16.7 Å². The molecule has 0 saturated carbocycles. The van der Waals surface area contributed by atoms with Crippen LogP contribution >= 0.6 is 15.9 Å². The Morgan fingerprint density at radius 1 is 1.15 bits per heavy atom. The first-order valence-corrected chi connectivity index (χ1v) is 7.47. The Bertz CT molecular complexity index is 759. The first-order chi connectivity index (χ1) is 9.65. The zero-order chi connectivity index (χ0) is 14.1. The van der Waals surface area contributed by atoms with Crippen molar-refractivity contribution in [3.8, 4) is 0 Å². The van der Waals surface area contributed by atoms with Crippen molar-refractivity contribution in [3.63, 3.8) is 0 Å². The molecule has 3 rings (SSSR count). The van der Waals surface area contributed by atoms with Gasteiger partial charge in [-0.2, -0.15) is 0 Å². The van der Waals surface area contributed by atoms with Crippen molar-refractivity contribution in [2.75, 3.05) is 5.32 Å². The third-order valence-electron chi connectivity index (χ3n) is 3.63. The Morgan fingerprint density at radius 2 is 1.95 bits per heavy atom. The summed E-state index contributed by atoms with van der Waals surface area (Å²) in [5, 5.41) is 4.80. The predicted octanol–water partition coefficient (Wildman–Crippen LogP) is 4.86. The van der Waals surface area contributed by atoms with Gasteiger partial charge in [0, 0.05) is 40.9 Å². The highest BCUT2D eigenvalue weighted by Crippen LogP contribution is 2.23. The molecule has 0 unspecified atom stereocenters. The van der Waals surface area contributed by atoms with E-state index in [1.807, 2.05) is 0 Å². The minimum Gasteiger partial charge on any atom is -0.381 e. The van der Waals surface area contributed by atoms with Gasteiger partial charge in [-0.3, -0.25) is 0 Å². The number of anilines is 1. The summed E-state index contributed by atoms with van der Waals surface area (Å²) in [6.45, 7) is 2.93. The van der Waals surface area contributed by atoms with Crippen LogP contribution in [0.2, 0.25) is 0 Å². The van der Waals surface area contributed by atoms with Crippen molar-refractivity contribution in [2.24, 2.45) is 7.05 Å². The summed E-state index contributed by atoms with van der Waals surface area (Å²) in [6, 6.07) is 14.9. The molecular formula is C17H17BrN2. The topological polar surface area (TPSA) is 17.0 Å². The molecule has 0 fully saturated rings. The van der Waals surface area contributed by atoms with Crippen LogP contribution < -0.4 is 5.32 Å². The van der Waals surface area contributed by atoms with E-state index < -0.39 is 0 Å². The Hall–Kier alpha value is -1.74. The van der Waals surface area contributed by atoms with Gasteiger partial charge in [0.25, 0.3) is 0 Å². The van der Waals surface area contributed by atoms with Gasteiger partial charge >= 0.3 is 0 Å². The first kappa shape index (κ1) is 13.3. The number of halogens is 1. The minimum absolute atomic E-state index is 0.830. The van der Waals surface area contributed by atoms with Crippen LogP contribution in [0.15, 0.2) is 53.1 Å². The molecule has 1 aromatic heterocycles. The number of benzene rings is 2. The molecule has 0 aliphatic carbocycles. The number of rotatable bonds is 3. The largest absolute Gasteiger partial charge is 0.381 e. The standard InChI is InChI=1S/C17H17BrN2/c1-12-7-8-14(9-16(12)18)19-10-13-11-20(2)17-6-4-3-5-15(13)17/h3-9,11,19H,10H2,1-2H3. The van der Waals surface area contributed by atoms with Gasteiger partial charge in [0.2, 0.25) is 0 Å². The van der Waals surface area contributed by atoms with Crippen LogP contribution in [0.25, 0.3) is 10.9 Å². The summed E-state index contributed by atoms with van der Waals surface area (Å²) in [7, 11) is 2.09. The molecule has 102 valence electrons.